The van der Waals surface area contributed by atoms with Gasteiger partial charge >= 0.3 is 0 Å². The molecule has 0 aliphatic heterocycles. The van der Waals surface area contributed by atoms with E-state index in [1.54, 1.807) is 24.3 Å². The number of aromatic nitrogens is 2. The van der Waals surface area contributed by atoms with Gasteiger partial charge in [-0.05, 0) is 6.92 Å². The molecule has 0 radical (unpaired) electrons. The Balaban J connectivity index is 2.40. The second-order valence-electron chi connectivity index (χ2n) is 2.70. The van der Waals surface area contributed by atoms with Crippen molar-refractivity contribution in [3.8, 4) is 0 Å². The number of allylic oxidation sites excluding steroid dienone is 2. The van der Waals surface area contributed by atoms with Crippen LogP contribution < -0.4 is 0 Å². The summed E-state index contributed by atoms with van der Waals surface area (Å²) in [5, 5.41) is 0. The first kappa shape index (κ1) is 11.2. The van der Waals surface area contributed by atoms with Gasteiger partial charge in [0.15, 0.2) is 0 Å². The van der Waals surface area contributed by atoms with Crippen LogP contribution in [0.1, 0.15) is 6.92 Å². The normalized spacial score (nSPS) is 11.4. The molecule has 74 valence electrons. The zero-order chi connectivity index (χ0) is 10.4. The van der Waals surface area contributed by atoms with Gasteiger partial charge in [0.05, 0.1) is 0 Å². The summed E-state index contributed by atoms with van der Waals surface area (Å²) in [4.78, 5) is 3.93. The average Bonchev–Trinajstić information content (AvgIpc) is 2.70. The molecule has 0 atom stereocenters. The minimum atomic E-state index is 0.815. The van der Waals surface area contributed by atoms with E-state index in [4.69, 9.17) is 12.2 Å². The van der Waals surface area contributed by atoms with E-state index in [1.807, 2.05) is 23.8 Å². The largest absolute Gasteiger partial charge is 0.291 e. The van der Waals surface area contributed by atoms with E-state index < -0.39 is 0 Å². The van der Waals surface area contributed by atoms with Crippen LogP contribution in [0.25, 0.3) is 0 Å². The molecule has 0 amide bonds. The number of rotatable bonds is 3. The fraction of sp³-hybridized carbons (Fsp3) is 0.200. The third-order valence-corrected chi connectivity index (χ3v) is 3.00. The number of hydrogen-bond acceptors (Lipinski definition) is 3. The molecule has 1 aromatic rings. The summed E-state index contributed by atoms with van der Waals surface area (Å²) in [6, 6.07) is 0. The van der Waals surface area contributed by atoms with Crippen molar-refractivity contribution < 1.29 is 0 Å². The van der Waals surface area contributed by atoms with Gasteiger partial charge in [-0.15, -0.1) is 0 Å². The zero-order valence-corrected chi connectivity index (χ0v) is 9.64. The molecule has 1 rings (SSSR count). The van der Waals surface area contributed by atoms with E-state index in [9.17, 15) is 0 Å². The molecule has 0 unspecified atom stereocenters. The van der Waals surface area contributed by atoms with E-state index in [0.29, 0.717) is 0 Å². The highest BCUT2D eigenvalue weighted by molar-refractivity contribution is 8.23. The maximum atomic E-state index is 5.19. The molecule has 2 nitrogen and oxygen atoms in total. The highest BCUT2D eigenvalue weighted by atomic mass is 32.2. The third-order valence-electron chi connectivity index (χ3n) is 1.65. The lowest BCUT2D eigenvalue weighted by molar-refractivity contribution is 1.18. The van der Waals surface area contributed by atoms with Crippen molar-refractivity contribution in [2.24, 2.45) is 0 Å². The molecule has 0 aromatic carbocycles. The molecule has 0 aliphatic rings. The van der Waals surface area contributed by atoms with Crippen LogP contribution in [0.4, 0.5) is 0 Å². The number of nitrogens with zero attached hydrogens (tertiary/aromatic N) is 2. The lowest BCUT2D eigenvalue weighted by Crippen LogP contribution is -2.01. The Kier molecular flexibility index (Phi) is 4.62. The predicted molar refractivity (Wildman–Crippen MR) is 66.6 cm³/mol. The van der Waals surface area contributed by atoms with Gasteiger partial charge in [-0.2, -0.15) is 0 Å². The SMILES string of the molecule is C=C/C(C)=C\CSC(=S)n1ccnc1. The van der Waals surface area contributed by atoms with Crippen molar-refractivity contribution >= 4 is 28.3 Å². The van der Waals surface area contributed by atoms with Crippen molar-refractivity contribution in [3.05, 3.63) is 43.0 Å². The molecular formula is C10H12N2S2. The van der Waals surface area contributed by atoms with Gasteiger partial charge in [0, 0.05) is 18.1 Å². The van der Waals surface area contributed by atoms with Crippen LogP contribution in [-0.4, -0.2) is 19.6 Å². The molecule has 0 fully saturated rings. The van der Waals surface area contributed by atoms with Crippen LogP contribution in [-0.2, 0) is 0 Å². The topological polar surface area (TPSA) is 17.8 Å². The van der Waals surface area contributed by atoms with E-state index in [-0.39, 0.29) is 0 Å². The van der Waals surface area contributed by atoms with Gasteiger partial charge in [-0.1, -0.05) is 48.3 Å². The number of thiocarbonyl (C=S) groups is 1. The molecule has 0 aliphatic carbocycles. The minimum absolute atomic E-state index is 0.815. The van der Waals surface area contributed by atoms with Crippen molar-refractivity contribution in [2.75, 3.05) is 5.75 Å². The summed E-state index contributed by atoms with van der Waals surface area (Å²) in [7, 11) is 0. The Labute approximate surface area is 93.7 Å². The van der Waals surface area contributed by atoms with Crippen molar-refractivity contribution in [3.63, 3.8) is 0 Å². The average molecular weight is 224 g/mol. The predicted octanol–water partition coefficient (Wildman–Crippen LogP) is 2.88. The van der Waals surface area contributed by atoms with Gasteiger partial charge in [0.1, 0.15) is 10.6 Å². The Morgan fingerprint density at radius 2 is 2.50 bits per heavy atom. The van der Waals surface area contributed by atoms with Crippen LogP contribution in [0, 0.1) is 0 Å². The minimum Gasteiger partial charge on any atom is -0.291 e. The summed E-state index contributed by atoms with van der Waals surface area (Å²) >= 11 is 6.80. The monoisotopic (exact) mass is 224 g/mol. The summed E-state index contributed by atoms with van der Waals surface area (Å²) in [5.74, 6) is 0.870. The summed E-state index contributed by atoms with van der Waals surface area (Å²) in [5.41, 5.74) is 1.17. The molecular weight excluding hydrogens is 212 g/mol. The van der Waals surface area contributed by atoms with Crippen molar-refractivity contribution in [1.82, 2.24) is 9.55 Å². The maximum absolute atomic E-state index is 5.19. The van der Waals surface area contributed by atoms with Crippen LogP contribution in [0.3, 0.4) is 0 Å². The van der Waals surface area contributed by atoms with Gasteiger partial charge in [-0.25, -0.2) is 4.98 Å². The molecule has 1 heterocycles. The number of imidazole rings is 1. The highest BCUT2D eigenvalue weighted by Crippen LogP contribution is 2.08. The van der Waals surface area contributed by atoms with E-state index in [2.05, 4.69) is 17.6 Å². The first-order valence-corrected chi connectivity index (χ1v) is 5.57. The first-order chi connectivity index (χ1) is 6.74. The second kappa shape index (κ2) is 5.78. The summed E-state index contributed by atoms with van der Waals surface area (Å²) in [6.45, 7) is 5.70. The Bertz CT molecular complexity index is 339. The number of hydrogen-bond donors (Lipinski definition) is 0. The number of thioether (sulfide) groups is 1. The highest BCUT2D eigenvalue weighted by Gasteiger charge is 1.97. The molecule has 0 saturated heterocycles. The summed E-state index contributed by atoms with van der Waals surface area (Å²) in [6.07, 6.45) is 9.21. The fourth-order valence-electron chi connectivity index (χ4n) is 0.769. The molecule has 0 saturated carbocycles. The Morgan fingerprint density at radius 1 is 1.71 bits per heavy atom. The Morgan fingerprint density at radius 3 is 3.07 bits per heavy atom. The van der Waals surface area contributed by atoms with Gasteiger partial charge in [0.2, 0.25) is 0 Å². The first-order valence-electron chi connectivity index (χ1n) is 4.18. The lowest BCUT2D eigenvalue weighted by Gasteiger charge is -2.01. The van der Waals surface area contributed by atoms with Crippen LogP contribution in [0.15, 0.2) is 43.0 Å². The zero-order valence-electron chi connectivity index (χ0n) is 8.01. The molecule has 0 N–H and O–H groups in total. The van der Waals surface area contributed by atoms with E-state index >= 15 is 0 Å². The standard InChI is InChI=1S/C10H12N2S2/c1-3-9(2)4-7-14-10(13)12-6-5-11-8-12/h3-6,8H,1,7H2,2H3/b9-4-. The quantitative estimate of drug-likeness (QED) is 0.581. The van der Waals surface area contributed by atoms with Gasteiger partial charge < -0.3 is 0 Å². The second-order valence-corrected chi connectivity index (χ2v) is 4.35. The smallest absolute Gasteiger partial charge is 0.146 e. The van der Waals surface area contributed by atoms with Crippen LogP contribution in [0.5, 0.6) is 0 Å². The Hall–Kier alpha value is -0.870. The fourth-order valence-corrected chi connectivity index (χ4v) is 1.83. The molecule has 1 aromatic heterocycles. The summed E-state index contributed by atoms with van der Waals surface area (Å²) < 4.78 is 2.65. The van der Waals surface area contributed by atoms with Crippen LogP contribution >= 0.6 is 24.0 Å². The van der Waals surface area contributed by atoms with E-state index in [1.165, 1.54) is 5.57 Å². The van der Waals surface area contributed by atoms with E-state index in [0.717, 1.165) is 10.1 Å². The molecule has 4 heteroatoms. The molecule has 0 spiro atoms. The lowest BCUT2D eigenvalue weighted by atomic mass is 10.3. The molecule has 0 bridgehead atoms. The van der Waals surface area contributed by atoms with Gasteiger partial charge in [-0.3, -0.25) is 4.57 Å². The van der Waals surface area contributed by atoms with Crippen molar-refractivity contribution in [2.45, 2.75) is 6.92 Å². The van der Waals surface area contributed by atoms with Gasteiger partial charge in [0.25, 0.3) is 0 Å². The van der Waals surface area contributed by atoms with Crippen LogP contribution in [0.2, 0.25) is 0 Å². The third kappa shape index (κ3) is 3.47. The maximum Gasteiger partial charge on any atom is 0.146 e. The van der Waals surface area contributed by atoms with Crippen molar-refractivity contribution in [1.29, 1.82) is 0 Å². The molecule has 14 heavy (non-hydrogen) atoms.